The van der Waals surface area contributed by atoms with Crippen molar-refractivity contribution in [3.05, 3.63) is 41.7 Å². The molecule has 2 aromatic heterocycles. The Morgan fingerprint density at radius 1 is 1.47 bits per heavy atom. The summed E-state index contributed by atoms with van der Waals surface area (Å²) in [5, 5.41) is 12.5. The van der Waals surface area contributed by atoms with Gasteiger partial charge in [-0.15, -0.1) is 5.10 Å². The molecule has 0 saturated heterocycles. The van der Waals surface area contributed by atoms with Gasteiger partial charge in [0.25, 0.3) is 5.82 Å². The van der Waals surface area contributed by atoms with Crippen LogP contribution in [0.25, 0.3) is 0 Å². The highest BCUT2D eigenvalue weighted by Crippen LogP contribution is 2.00. The van der Waals surface area contributed by atoms with E-state index < -0.39 is 0 Å². The highest BCUT2D eigenvalue weighted by atomic mass is 15.3. The zero-order valence-corrected chi connectivity index (χ0v) is 8.25. The largest absolute Gasteiger partial charge is 0.256 e. The van der Waals surface area contributed by atoms with Crippen molar-refractivity contribution in [2.45, 2.75) is 13.5 Å². The molecule has 0 unspecified atom stereocenters. The van der Waals surface area contributed by atoms with Gasteiger partial charge in [-0.05, 0) is 19.1 Å². The molecule has 0 fully saturated rings. The molecule has 0 radical (unpaired) electrons. The summed E-state index contributed by atoms with van der Waals surface area (Å²) in [5.74, 6) is 0.183. The van der Waals surface area contributed by atoms with E-state index in [4.69, 9.17) is 5.26 Å². The normalized spacial score (nSPS) is 9.87. The van der Waals surface area contributed by atoms with Crippen molar-refractivity contribution in [1.82, 2.24) is 19.7 Å². The summed E-state index contributed by atoms with van der Waals surface area (Å²) >= 11 is 0. The lowest BCUT2D eigenvalue weighted by Crippen LogP contribution is -2.03. The summed E-state index contributed by atoms with van der Waals surface area (Å²) < 4.78 is 1.60. The molecule has 0 aliphatic carbocycles. The van der Waals surface area contributed by atoms with Gasteiger partial charge in [0, 0.05) is 5.69 Å². The smallest absolute Gasteiger partial charge is 0.252 e. The molecule has 0 bridgehead atoms. The first-order valence-electron chi connectivity index (χ1n) is 4.50. The van der Waals surface area contributed by atoms with Crippen LogP contribution in [0.2, 0.25) is 0 Å². The summed E-state index contributed by atoms with van der Waals surface area (Å²) in [4.78, 5) is 8.15. The standard InChI is InChI=1S/C10H9N5/c1-8-3-2-4-9(13-8)6-15-7-12-10(5-11)14-15/h2-4,7H,6H2,1H3. The molecule has 74 valence electrons. The maximum absolute atomic E-state index is 8.56. The van der Waals surface area contributed by atoms with E-state index >= 15 is 0 Å². The molecule has 15 heavy (non-hydrogen) atoms. The van der Waals surface area contributed by atoms with Crippen LogP contribution in [0.1, 0.15) is 17.2 Å². The molecule has 5 nitrogen and oxygen atoms in total. The number of aromatic nitrogens is 4. The molecule has 0 N–H and O–H groups in total. The van der Waals surface area contributed by atoms with E-state index in [2.05, 4.69) is 15.1 Å². The topological polar surface area (TPSA) is 67.4 Å². The van der Waals surface area contributed by atoms with E-state index in [1.165, 1.54) is 6.33 Å². The van der Waals surface area contributed by atoms with Crippen molar-refractivity contribution in [3.63, 3.8) is 0 Å². The highest BCUT2D eigenvalue weighted by Gasteiger charge is 2.00. The molecule has 2 rings (SSSR count). The van der Waals surface area contributed by atoms with Gasteiger partial charge in [0.1, 0.15) is 12.4 Å². The van der Waals surface area contributed by atoms with Crippen molar-refractivity contribution >= 4 is 0 Å². The molecule has 0 aromatic carbocycles. The molecule has 0 amide bonds. The van der Waals surface area contributed by atoms with Crippen molar-refractivity contribution in [3.8, 4) is 6.07 Å². The predicted molar refractivity (Wildman–Crippen MR) is 52.8 cm³/mol. The first-order chi connectivity index (χ1) is 7.28. The Hall–Kier alpha value is -2.22. The SMILES string of the molecule is Cc1cccc(Cn2cnc(C#N)n2)n1. The molecular weight excluding hydrogens is 190 g/mol. The van der Waals surface area contributed by atoms with Gasteiger partial charge >= 0.3 is 0 Å². The fourth-order valence-corrected chi connectivity index (χ4v) is 1.28. The third-order valence-electron chi connectivity index (χ3n) is 1.91. The summed E-state index contributed by atoms with van der Waals surface area (Å²) in [6.07, 6.45) is 1.53. The lowest BCUT2D eigenvalue weighted by atomic mass is 10.3. The summed E-state index contributed by atoms with van der Waals surface area (Å²) in [6.45, 7) is 2.47. The molecule has 0 saturated carbocycles. The van der Waals surface area contributed by atoms with Crippen molar-refractivity contribution in [2.24, 2.45) is 0 Å². The highest BCUT2D eigenvalue weighted by molar-refractivity contribution is 5.11. The first-order valence-corrected chi connectivity index (χ1v) is 4.50. The van der Waals surface area contributed by atoms with E-state index in [9.17, 15) is 0 Å². The average molecular weight is 199 g/mol. The molecular formula is C10H9N5. The van der Waals surface area contributed by atoms with Gasteiger partial charge < -0.3 is 0 Å². The Morgan fingerprint density at radius 3 is 3.00 bits per heavy atom. The molecule has 0 aliphatic heterocycles. The zero-order chi connectivity index (χ0) is 10.7. The van der Waals surface area contributed by atoms with E-state index in [1.807, 2.05) is 31.2 Å². The number of nitrogens with zero attached hydrogens (tertiary/aromatic N) is 5. The van der Waals surface area contributed by atoms with Gasteiger partial charge in [-0.1, -0.05) is 6.07 Å². The van der Waals surface area contributed by atoms with Gasteiger partial charge in [-0.3, -0.25) is 4.98 Å². The second kappa shape index (κ2) is 3.88. The van der Waals surface area contributed by atoms with Gasteiger partial charge in [0.15, 0.2) is 0 Å². The maximum Gasteiger partial charge on any atom is 0.252 e. The molecule has 2 heterocycles. The number of nitriles is 1. The molecule has 0 spiro atoms. The summed E-state index contributed by atoms with van der Waals surface area (Å²) in [5.41, 5.74) is 1.87. The van der Waals surface area contributed by atoms with E-state index in [0.717, 1.165) is 11.4 Å². The molecule has 0 aliphatic rings. The lowest BCUT2D eigenvalue weighted by Gasteiger charge is -2.00. The van der Waals surface area contributed by atoms with Crippen LogP contribution in [0.5, 0.6) is 0 Å². The van der Waals surface area contributed by atoms with Gasteiger partial charge in [0.05, 0.1) is 12.2 Å². The Morgan fingerprint density at radius 2 is 2.33 bits per heavy atom. The third-order valence-corrected chi connectivity index (χ3v) is 1.91. The van der Waals surface area contributed by atoms with Crippen LogP contribution in [0, 0.1) is 18.3 Å². The third kappa shape index (κ3) is 2.17. The minimum Gasteiger partial charge on any atom is -0.256 e. The van der Waals surface area contributed by atoms with Crippen molar-refractivity contribution < 1.29 is 0 Å². The molecule has 0 atom stereocenters. The van der Waals surface area contributed by atoms with Gasteiger partial charge in [-0.25, -0.2) is 9.67 Å². The van der Waals surface area contributed by atoms with Gasteiger partial charge in [0.2, 0.25) is 0 Å². The fourth-order valence-electron chi connectivity index (χ4n) is 1.28. The molecule has 5 heteroatoms. The number of rotatable bonds is 2. The molecule has 2 aromatic rings. The monoisotopic (exact) mass is 199 g/mol. The average Bonchev–Trinajstić information content (AvgIpc) is 2.65. The Balaban J connectivity index is 2.19. The first kappa shape index (κ1) is 9.34. The number of aryl methyl sites for hydroxylation is 1. The summed E-state index contributed by atoms with van der Waals surface area (Å²) in [7, 11) is 0. The van der Waals surface area contributed by atoms with Crippen molar-refractivity contribution in [1.29, 1.82) is 5.26 Å². The Bertz CT molecular complexity index is 509. The van der Waals surface area contributed by atoms with Crippen LogP contribution in [0.3, 0.4) is 0 Å². The van der Waals surface area contributed by atoms with Crippen LogP contribution in [0.4, 0.5) is 0 Å². The van der Waals surface area contributed by atoms with Crippen molar-refractivity contribution in [2.75, 3.05) is 0 Å². The number of hydrogen-bond acceptors (Lipinski definition) is 4. The Labute approximate surface area is 87.0 Å². The van der Waals surface area contributed by atoms with Crippen LogP contribution in [-0.4, -0.2) is 19.7 Å². The number of hydrogen-bond donors (Lipinski definition) is 0. The maximum atomic E-state index is 8.56. The minimum atomic E-state index is 0.183. The van der Waals surface area contributed by atoms with E-state index in [1.54, 1.807) is 4.68 Å². The fraction of sp³-hybridized carbons (Fsp3) is 0.200. The summed E-state index contributed by atoms with van der Waals surface area (Å²) in [6, 6.07) is 7.68. The second-order valence-electron chi connectivity index (χ2n) is 3.15. The quantitative estimate of drug-likeness (QED) is 0.720. The van der Waals surface area contributed by atoms with Crippen LogP contribution in [0.15, 0.2) is 24.5 Å². The van der Waals surface area contributed by atoms with Gasteiger partial charge in [-0.2, -0.15) is 5.26 Å². The zero-order valence-electron chi connectivity index (χ0n) is 8.25. The lowest BCUT2D eigenvalue weighted by molar-refractivity contribution is 0.667. The van der Waals surface area contributed by atoms with E-state index in [0.29, 0.717) is 6.54 Å². The predicted octanol–water partition coefficient (Wildman–Crippen LogP) is 0.901. The van der Waals surface area contributed by atoms with Crippen LogP contribution < -0.4 is 0 Å². The minimum absolute atomic E-state index is 0.183. The Kier molecular flexibility index (Phi) is 2.42. The van der Waals surface area contributed by atoms with E-state index in [-0.39, 0.29) is 5.82 Å². The van der Waals surface area contributed by atoms with Crippen LogP contribution >= 0.6 is 0 Å². The second-order valence-corrected chi connectivity index (χ2v) is 3.15. The van der Waals surface area contributed by atoms with Crippen LogP contribution in [-0.2, 0) is 6.54 Å². The number of pyridine rings is 1.